The van der Waals surface area contributed by atoms with Crippen LogP contribution in [0, 0.1) is 13.8 Å². The first-order valence-electron chi connectivity index (χ1n) is 6.38. The maximum atomic E-state index is 11.8. The highest BCUT2D eigenvalue weighted by Crippen LogP contribution is 2.14. The van der Waals surface area contributed by atoms with Gasteiger partial charge in [0.2, 0.25) is 5.91 Å². The molecule has 0 spiro atoms. The molecule has 3 N–H and O–H groups in total. The van der Waals surface area contributed by atoms with Gasteiger partial charge in [-0.15, -0.1) is 6.58 Å². The van der Waals surface area contributed by atoms with E-state index in [1.54, 1.807) is 12.1 Å². The molecule has 1 atom stereocenters. The Bertz CT molecular complexity index is 512. The average Bonchev–Trinajstić information content (AvgIpc) is 2.38. The molecule has 0 aromatic heterocycles. The van der Waals surface area contributed by atoms with Crippen LogP contribution in [0.3, 0.4) is 0 Å². The van der Waals surface area contributed by atoms with E-state index in [2.05, 4.69) is 17.2 Å². The lowest BCUT2D eigenvalue weighted by Crippen LogP contribution is -2.39. The third kappa shape index (κ3) is 4.85. The summed E-state index contributed by atoms with van der Waals surface area (Å²) in [4.78, 5) is 22.9. The van der Waals surface area contributed by atoms with Crippen LogP contribution >= 0.6 is 0 Å². The van der Waals surface area contributed by atoms with Crippen LogP contribution in [0.5, 0.6) is 0 Å². The van der Waals surface area contributed by atoms with E-state index in [4.69, 9.17) is 5.11 Å². The Balaban J connectivity index is 2.62. The van der Waals surface area contributed by atoms with Gasteiger partial charge in [-0.25, -0.2) is 0 Å². The molecule has 0 fully saturated rings. The van der Waals surface area contributed by atoms with Crippen molar-refractivity contribution in [3.05, 3.63) is 42.0 Å². The highest BCUT2D eigenvalue weighted by atomic mass is 16.4. The zero-order valence-electron chi connectivity index (χ0n) is 11.8. The number of benzene rings is 1. The SMILES string of the molecule is C=CCNC(CC(=O)Nc1ccc(C)c(C)c1)C(=O)O. The van der Waals surface area contributed by atoms with Crippen molar-refractivity contribution in [3.8, 4) is 0 Å². The van der Waals surface area contributed by atoms with E-state index in [1.807, 2.05) is 26.0 Å². The van der Waals surface area contributed by atoms with Crippen molar-refractivity contribution in [1.82, 2.24) is 5.32 Å². The monoisotopic (exact) mass is 276 g/mol. The second kappa shape index (κ2) is 7.45. The predicted octanol–water partition coefficient (Wildman–Crippen LogP) is 1.86. The van der Waals surface area contributed by atoms with Gasteiger partial charge < -0.3 is 15.7 Å². The summed E-state index contributed by atoms with van der Waals surface area (Å²) >= 11 is 0. The van der Waals surface area contributed by atoms with Gasteiger partial charge in [-0.2, -0.15) is 0 Å². The molecule has 0 aliphatic heterocycles. The molecule has 0 bridgehead atoms. The predicted molar refractivity (Wildman–Crippen MR) is 78.8 cm³/mol. The second-order valence-corrected chi connectivity index (χ2v) is 4.64. The number of carbonyl (C=O) groups excluding carboxylic acids is 1. The lowest BCUT2D eigenvalue weighted by molar-refractivity contribution is -0.140. The minimum Gasteiger partial charge on any atom is -0.480 e. The molecule has 0 saturated heterocycles. The highest BCUT2D eigenvalue weighted by Gasteiger charge is 2.20. The van der Waals surface area contributed by atoms with Gasteiger partial charge in [0.05, 0.1) is 6.42 Å². The number of amides is 1. The molecule has 0 aliphatic rings. The summed E-state index contributed by atoms with van der Waals surface area (Å²) in [5, 5.41) is 14.4. The van der Waals surface area contributed by atoms with Gasteiger partial charge in [0.25, 0.3) is 0 Å². The van der Waals surface area contributed by atoms with Crippen molar-refractivity contribution >= 4 is 17.6 Å². The minimum absolute atomic E-state index is 0.129. The lowest BCUT2D eigenvalue weighted by Gasteiger charge is -2.13. The molecule has 1 unspecified atom stereocenters. The van der Waals surface area contributed by atoms with E-state index in [1.165, 1.54) is 0 Å². The van der Waals surface area contributed by atoms with Crippen LogP contribution < -0.4 is 10.6 Å². The third-order valence-corrected chi connectivity index (χ3v) is 2.99. The van der Waals surface area contributed by atoms with Gasteiger partial charge in [-0.05, 0) is 37.1 Å². The Hall–Kier alpha value is -2.14. The number of carboxylic acid groups (broad SMARTS) is 1. The summed E-state index contributed by atoms with van der Waals surface area (Å²) in [6.45, 7) is 7.78. The van der Waals surface area contributed by atoms with Gasteiger partial charge in [0.15, 0.2) is 0 Å². The van der Waals surface area contributed by atoms with Crippen LogP contribution in [0.25, 0.3) is 0 Å². The van der Waals surface area contributed by atoms with E-state index in [0.717, 1.165) is 11.1 Å². The van der Waals surface area contributed by atoms with E-state index in [0.29, 0.717) is 12.2 Å². The zero-order valence-corrected chi connectivity index (χ0v) is 11.8. The number of rotatable bonds is 7. The minimum atomic E-state index is -1.05. The van der Waals surface area contributed by atoms with Gasteiger partial charge in [0, 0.05) is 12.2 Å². The summed E-state index contributed by atoms with van der Waals surface area (Å²) in [5.41, 5.74) is 2.88. The van der Waals surface area contributed by atoms with E-state index >= 15 is 0 Å². The van der Waals surface area contributed by atoms with Crippen LogP contribution in [-0.4, -0.2) is 29.6 Å². The number of hydrogen-bond acceptors (Lipinski definition) is 3. The standard InChI is InChI=1S/C15H20N2O3/c1-4-7-16-13(15(19)20)9-14(18)17-12-6-5-10(2)11(3)8-12/h4-6,8,13,16H,1,7,9H2,2-3H3,(H,17,18)(H,19,20). The Morgan fingerprint density at radius 3 is 2.60 bits per heavy atom. The maximum Gasteiger partial charge on any atom is 0.321 e. The Kier molecular flexibility index (Phi) is 5.93. The Labute approximate surface area is 118 Å². The Morgan fingerprint density at radius 1 is 1.35 bits per heavy atom. The van der Waals surface area contributed by atoms with Crippen molar-refractivity contribution < 1.29 is 14.7 Å². The van der Waals surface area contributed by atoms with Crippen LogP contribution in [-0.2, 0) is 9.59 Å². The van der Waals surface area contributed by atoms with Crippen LogP contribution in [0.15, 0.2) is 30.9 Å². The molecule has 1 aromatic carbocycles. The molecule has 0 radical (unpaired) electrons. The van der Waals surface area contributed by atoms with Crippen molar-refractivity contribution in [1.29, 1.82) is 0 Å². The molecular weight excluding hydrogens is 256 g/mol. The van der Waals surface area contributed by atoms with Crippen molar-refractivity contribution in [3.63, 3.8) is 0 Å². The molecule has 1 aromatic rings. The summed E-state index contributed by atoms with van der Waals surface area (Å²) in [6, 6.07) is 4.66. The summed E-state index contributed by atoms with van der Waals surface area (Å²) in [6.07, 6.45) is 1.42. The topological polar surface area (TPSA) is 78.4 Å². The molecule has 20 heavy (non-hydrogen) atoms. The number of carbonyl (C=O) groups is 2. The van der Waals surface area contributed by atoms with Crippen molar-refractivity contribution in [2.75, 3.05) is 11.9 Å². The molecule has 5 nitrogen and oxygen atoms in total. The van der Waals surface area contributed by atoms with Crippen molar-refractivity contribution in [2.24, 2.45) is 0 Å². The van der Waals surface area contributed by atoms with Gasteiger partial charge in [-0.3, -0.25) is 9.59 Å². The molecule has 108 valence electrons. The number of aryl methyl sites for hydroxylation is 2. The number of hydrogen-bond donors (Lipinski definition) is 3. The molecule has 5 heteroatoms. The van der Waals surface area contributed by atoms with Crippen LogP contribution in [0.4, 0.5) is 5.69 Å². The molecule has 1 amide bonds. The van der Waals surface area contributed by atoms with Gasteiger partial charge in [-0.1, -0.05) is 12.1 Å². The van der Waals surface area contributed by atoms with Crippen molar-refractivity contribution in [2.45, 2.75) is 26.3 Å². The molecular formula is C15H20N2O3. The third-order valence-electron chi connectivity index (χ3n) is 2.99. The van der Waals surface area contributed by atoms with E-state index in [-0.39, 0.29) is 12.3 Å². The van der Waals surface area contributed by atoms with Crippen LogP contribution in [0.2, 0.25) is 0 Å². The summed E-state index contributed by atoms with van der Waals surface area (Å²) in [5.74, 6) is -1.39. The normalized spacial score (nSPS) is 11.7. The first-order chi connectivity index (χ1) is 9.43. The smallest absolute Gasteiger partial charge is 0.321 e. The number of aliphatic carboxylic acids is 1. The molecule has 1 rings (SSSR count). The second-order valence-electron chi connectivity index (χ2n) is 4.64. The lowest BCUT2D eigenvalue weighted by atomic mass is 10.1. The fraction of sp³-hybridized carbons (Fsp3) is 0.333. The van der Waals surface area contributed by atoms with E-state index in [9.17, 15) is 9.59 Å². The molecule has 0 heterocycles. The average molecular weight is 276 g/mol. The number of nitrogens with one attached hydrogen (secondary N) is 2. The van der Waals surface area contributed by atoms with Gasteiger partial charge in [0.1, 0.15) is 6.04 Å². The quantitative estimate of drug-likeness (QED) is 0.664. The summed E-state index contributed by atoms with van der Waals surface area (Å²) in [7, 11) is 0. The highest BCUT2D eigenvalue weighted by molar-refractivity contribution is 5.94. The number of anilines is 1. The van der Waals surface area contributed by atoms with Crippen LogP contribution in [0.1, 0.15) is 17.5 Å². The number of carboxylic acids is 1. The molecule has 0 saturated carbocycles. The maximum absolute atomic E-state index is 11.8. The van der Waals surface area contributed by atoms with Gasteiger partial charge >= 0.3 is 5.97 Å². The first kappa shape index (κ1) is 15.9. The fourth-order valence-electron chi connectivity index (χ4n) is 1.69. The largest absolute Gasteiger partial charge is 0.480 e. The summed E-state index contributed by atoms with van der Waals surface area (Å²) < 4.78 is 0. The Morgan fingerprint density at radius 2 is 2.05 bits per heavy atom. The zero-order chi connectivity index (χ0) is 15.1. The fourth-order valence-corrected chi connectivity index (χ4v) is 1.69. The molecule has 0 aliphatic carbocycles. The first-order valence-corrected chi connectivity index (χ1v) is 6.38. The van der Waals surface area contributed by atoms with E-state index < -0.39 is 12.0 Å².